The Morgan fingerprint density at radius 2 is 2.00 bits per heavy atom. The number of nitrogens with zero attached hydrogens (tertiary/aromatic N) is 1. The van der Waals surface area contributed by atoms with Crippen LogP contribution in [-0.2, 0) is 0 Å². The molecule has 0 unspecified atom stereocenters. The summed E-state index contributed by atoms with van der Waals surface area (Å²) in [5.41, 5.74) is 6.47. The quantitative estimate of drug-likeness (QED) is 0.645. The van der Waals surface area contributed by atoms with Gasteiger partial charge in [0.15, 0.2) is 5.17 Å². The third-order valence-electron chi connectivity index (χ3n) is 1.36. The average molecular weight is 251 g/mol. The summed E-state index contributed by atoms with van der Waals surface area (Å²) in [5, 5.41) is 1.30. The van der Waals surface area contributed by atoms with Crippen molar-refractivity contribution in [3.63, 3.8) is 0 Å². The van der Waals surface area contributed by atoms with Crippen LogP contribution in [0.4, 0.5) is 5.69 Å². The van der Waals surface area contributed by atoms with E-state index in [-0.39, 0.29) is 12.4 Å². The van der Waals surface area contributed by atoms with E-state index >= 15 is 0 Å². The molecule has 0 aliphatic rings. The highest BCUT2D eigenvalue weighted by molar-refractivity contribution is 8.13. The van der Waals surface area contributed by atoms with Gasteiger partial charge in [0.05, 0.1) is 5.69 Å². The van der Waals surface area contributed by atoms with Crippen LogP contribution in [0.15, 0.2) is 29.3 Å². The molecule has 78 valence electrons. The van der Waals surface area contributed by atoms with Crippen LogP contribution in [-0.4, -0.2) is 10.9 Å². The molecular formula is C9H12Cl2N2S. The summed E-state index contributed by atoms with van der Waals surface area (Å²) < 4.78 is 0. The normalized spacial score (nSPS) is 10.9. The van der Waals surface area contributed by atoms with Crippen molar-refractivity contribution < 1.29 is 0 Å². The fourth-order valence-corrected chi connectivity index (χ4v) is 1.41. The van der Waals surface area contributed by atoms with E-state index in [4.69, 9.17) is 17.3 Å². The summed E-state index contributed by atoms with van der Waals surface area (Å²) in [7, 11) is 0. The van der Waals surface area contributed by atoms with Crippen molar-refractivity contribution in [2.75, 3.05) is 5.75 Å². The van der Waals surface area contributed by atoms with E-state index in [9.17, 15) is 0 Å². The molecule has 0 heterocycles. The molecule has 0 aromatic heterocycles. The van der Waals surface area contributed by atoms with Crippen LogP contribution in [0, 0.1) is 0 Å². The summed E-state index contributed by atoms with van der Waals surface area (Å²) in [4.78, 5) is 4.19. The lowest BCUT2D eigenvalue weighted by Crippen LogP contribution is -2.05. The number of rotatable bonds is 2. The largest absolute Gasteiger partial charge is 0.378 e. The summed E-state index contributed by atoms with van der Waals surface area (Å²) >= 11 is 7.25. The van der Waals surface area contributed by atoms with Gasteiger partial charge >= 0.3 is 0 Å². The third-order valence-corrected chi connectivity index (χ3v) is 2.29. The van der Waals surface area contributed by atoms with Crippen LogP contribution in [0.25, 0.3) is 0 Å². The van der Waals surface area contributed by atoms with E-state index in [1.807, 2.05) is 19.1 Å². The van der Waals surface area contributed by atoms with Gasteiger partial charge in [0.2, 0.25) is 0 Å². The smallest absolute Gasteiger partial charge is 0.159 e. The molecule has 2 N–H and O–H groups in total. The molecule has 0 spiro atoms. The number of nitrogens with two attached hydrogens (primary N) is 1. The van der Waals surface area contributed by atoms with Crippen molar-refractivity contribution in [1.29, 1.82) is 0 Å². The van der Waals surface area contributed by atoms with Crippen molar-refractivity contribution in [2.24, 2.45) is 10.7 Å². The van der Waals surface area contributed by atoms with E-state index in [1.165, 1.54) is 11.8 Å². The van der Waals surface area contributed by atoms with Gasteiger partial charge < -0.3 is 5.73 Å². The second-order valence-corrected chi connectivity index (χ2v) is 4.08. The van der Waals surface area contributed by atoms with Gasteiger partial charge in [-0.2, -0.15) is 0 Å². The maximum atomic E-state index is 5.72. The Morgan fingerprint density at radius 1 is 1.43 bits per heavy atom. The Hall–Kier alpha value is -0.380. The van der Waals surface area contributed by atoms with Crippen LogP contribution < -0.4 is 5.73 Å². The van der Waals surface area contributed by atoms with Gasteiger partial charge in [-0.3, -0.25) is 0 Å². The Labute approximate surface area is 99.3 Å². The van der Waals surface area contributed by atoms with E-state index in [0.29, 0.717) is 10.2 Å². The van der Waals surface area contributed by atoms with Crippen molar-refractivity contribution in [2.45, 2.75) is 6.92 Å². The van der Waals surface area contributed by atoms with Crippen molar-refractivity contribution in [1.82, 2.24) is 0 Å². The van der Waals surface area contributed by atoms with E-state index in [2.05, 4.69) is 4.99 Å². The van der Waals surface area contributed by atoms with Gasteiger partial charge in [0.25, 0.3) is 0 Å². The minimum absolute atomic E-state index is 0. The Balaban J connectivity index is 0.00000169. The zero-order valence-corrected chi connectivity index (χ0v) is 10.1. The summed E-state index contributed by atoms with van der Waals surface area (Å²) in [6, 6.07) is 7.27. The number of hydrogen-bond donors (Lipinski definition) is 1. The average Bonchev–Trinajstić information content (AvgIpc) is 2.09. The molecule has 0 amide bonds. The van der Waals surface area contributed by atoms with Crippen LogP contribution in [0.5, 0.6) is 0 Å². The predicted octanol–water partition coefficient (Wildman–Crippen LogP) is 3.46. The summed E-state index contributed by atoms with van der Waals surface area (Å²) in [6.45, 7) is 2.04. The summed E-state index contributed by atoms with van der Waals surface area (Å²) in [6.07, 6.45) is 0. The minimum atomic E-state index is 0. The number of hydrogen-bond acceptors (Lipinski definition) is 2. The first-order chi connectivity index (χ1) is 6.22. The van der Waals surface area contributed by atoms with Gasteiger partial charge in [-0.05, 0) is 30.0 Å². The molecule has 0 atom stereocenters. The molecule has 0 aliphatic heterocycles. The maximum absolute atomic E-state index is 5.72. The van der Waals surface area contributed by atoms with Crippen LogP contribution in [0.3, 0.4) is 0 Å². The number of halogens is 2. The van der Waals surface area contributed by atoms with Crippen LogP contribution >= 0.6 is 35.8 Å². The Bertz CT molecular complexity index is 298. The molecule has 0 saturated carbocycles. The zero-order valence-electron chi connectivity index (χ0n) is 7.74. The first-order valence-electron chi connectivity index (χ1n) is 3.95. The van der Waals surface area contributed by atoms with Gasteiger partial charge in [-0.25, -0.2) is 4.99 Å². The number of benzene rings is 1. The molecule has 1 aromatic rings. The standard InChI is InChI=1S/C9H11ClN2S.ClH/c1-2-13-9(11)12-8-5-3-7(10)4-6-8;/h3-6H,2H2,1H3,(H2,11,12);1H. The Kier molecular flexibility index (Phi) is 6.79. The fraction of sp³-hybridized carbons (Fsp3) is 0.222. The lowest BCUT2D eigenvalue weighted by molar-refractivity contribution is 1.49. The lowest BCUT2D eigenvalue weighted by Gasteiger charge is -1.97. The van der Waals surface area contributed by atoms with Gasteiger partial charge in [0, 0.05) is 5.02 Å². The van der Waals surface area contributed by atoms with Gasteiger partial charge in [0.1, 0.15) is 0 Å². The molecule has 0 bridgehead atoms. The highest BCUT2D eigenvalue weighted by Crippen LogP contribution is 2.17. The minimum Gasteiger partial charge on any atom is -0.378 e. The molecule has 0 radical (unpaired) electrons. The summed E-state index contributed by atoms with van der Waals surface area (Å²) in [5.74, 6) is 0.933. The fourth-order valence-electron chi connectivity index (χ4n) is 0.823. The van der Waals surface area contributed by atoms with Crippen molar-refractivity contribution in [3.05, 3.63) is 29.3 Å². The van der Waals surface area contributed by atoms with E-state index < -0.39 is 0 Å². The molecule has 0 aliphatic carbocycles. The molecule has 14 heavy (non-hydrogen) atoms. The molecule has 0 saturated heterocycles. The lowest BCUT2D eigenvalue weighted by atomic mass is 10.3. The highest BCUT2D eigenvalue weighted by Gasteiger charge is 1.93. The Morgan fingerprint density at radius 3 is 2.50 bits per heavy atom. The zero-order chi connectivity index (χ0) is 9.68. The molecule has 5 heteroatoms. The first-order valence-corrected chi connectivity index (χ1v) is 5.31. The monoisotopic (exact) mass is 250 g/mol. The first kappa shape index (κ1) is 13.6. The number of thioether (sulfide) groups is 1. The van der Waals surface area contributed by atoms with Crippen molar-refractivity contribution >= 4 is 46.6 Å². The third kappa shape index (κ3) is 4.74. The second-order valence-electron chi connectivity index (χ2n) is 2.36. The van der Waals surface area contributed by atoms with Crippen LogP contribution in [0.2, 0.25) is 5.02 Å². The number of aliphatic imine (C=N–C) groups is 1. The van der Waals surface area contributed by atoms with Crippen molar-refractivity contribution in [3.8, 4) is 0 Å². The topological polar surface area (TPSA) is 38.4 Å². The van der Waals surface area contributed by atoms with Crippen LogP contribution in [0.1, 0.15) is 6.92 Å². The highest BCUT2D eigenvalue weighted by atomic mass is 35.5. The molecule has 0 fully saturated rings. The molecule has 1 aromatic carbocycles. The molecule has 1 rings (SSSR count). The molecular weight excluding hydrogens is 239 g/mol. The van der Waals surface area contributed by atoms with E-state index in [0.717, 1.165) is 11.4 Å². The predicted molar refractivity (Wildman–Crippen MR) is 68.1 cm³/mol. The maximum Gasteiger partial charge on any atom is 0.159 e. The molecule has 2 nitrogen and oxygen atoms in total. The number of amidine groups is 1. The SMILES string of the molecule is CCSC(N)=Nc1ccc(Cl)cc1.Cl. The second kappa shape index (κ2) is 6.98. The van der Waals surface area contributed by atoms with E-state index in [1.54, 1.807) is 12.1 Å². The van der Waals surface area contributed by atoms with Gasteiger partial charge in [-0.15, -0.1) is 12.4 Å². The van der Waals surface area contributed by atoms with Gasteiger partial charge in [-0.1, -0.05) is 30.3 Å².